The summed E-state index contributed by atoms with van der Waals surface area (Å²) in [6, 6.07) is 0. The highest BCUT2D eigenvalue weighted by Crippen LogP contribution is 2.25. The van der Waals surface area contributed by atoms with Gasteiger partial charge in [0.15, 0.2) is 0 Å². The molecular formula is C13H26ClN3O2. The minimum Gasteiger partial charge on any atom is -0.395 e. The molecule has 0 aromatic heterocycles. The molecule has 1 atom stereocenters. The number of carbonyl (C=O) groups excluding carboxylic acids is 1. The third kappa shape index (κ3) is 3.60. The van der Waals surface area contributed by atoms with E-state index < -0.39 is 0 Å². The average molecular weight is 292 g/mol. The van der Waals surface area contributed by atoms with Crippen molar-refractivity contribution in [3.63, 3.8) is 0 Å². The van der Waals surface area contributed by atoms with Gasteiger partial charge in [0.05, 0.1) is 12.1 Å². The Kier molecular flexibility index (Phi) is 6.53. The highest BCUT2D eigenvalue weighted by molar-refractivity contribution is 5.86. The normalized spacial score (nSPS) is 28.2. The number of aliphatic hydroxyl groups excluding tert-OH is 1. The number of nitrogens with one attached hydrogen (secondary N) is 1. The molecule has 5 nitrogen and oxygen atoms in total. The molecule has 2 aliphatic rings. The number of nitrogens with zero attached hydrogens (tertiary/aromatic N) is 2. The van der Waals surface area contributed by atoms with Crippen LogP contribution in [0.5, 0.6) is 0 Å². The molecule has 0 aliphatic carbocycles. The van der Waals surface area contributed by atoms with Crippen LogP contribution in [-0.4, -0.2) is 72.2 Å². The summed E-state index contributed by atoms with van der Waals surface area (Å²) >= 11 is 0. The number of rotatable bonds is 4. The van der Waals surface area contributed by atoms with Crippen LogP contribution in [0.3, 0.4) is 0 Å². The predicted octanol–water partition coefficient (Wildman–Crippen LogP) is 0.0769. The molecule has 0 saturated carbocycles. The Bertz CT molecular complexity index is 288. The van der Waals surface area contributed by atoms with Crippen LogP contribution >= 0.6 is 12.4 Å². The Morgan fingerprint density at radius 3 is 2.47 bits per heavy atom. The van der Waals surface area contributed by atoms with Crippen LogP contribution in [0.2, 0.25) is 0 Å². The van der Waals surface area contributed by atoms with E-state index in [1.54, 1.807) is 0 Å². The van der Waals surface area contributed by atoms with Crippen molar-refractivity contribution in [1.82, 2.24) is 15.1 Å². The van der Waals surface area contributed by atoms with Gasteiger partial charge in [0.2, 0.25) is 5.91 Å². The summed E-state index contributed by atoms with van der Waals surface area (Å²) in [6.07, 6.45) is 2.95. The van der Waals surface area contributed by atoms with E-state index in [0.29, 0.717) is 0 Å². The SMILES string of the molecule is CCC1(C(=O)N2CCN(CCO)CC2)CCCN1.Cl. The fraction of sp³-hybridized carbons (Fsp3) is 0.923. The minimum absolute atomic E-state index is 0. The summed E-state index contributed by atoms with van der Waals surface area (Å²) < 4.78 is 0. The van der Waals surface area contributed by atoms with E-state index in [2.05, 4.69) is 17.1 Å². The first-order valence-electron chi connectivity index (χ1n) is 7.09. The second kappa shape index (κ2) is 7.43. The number of amides is 1. The van der Waals surface area contributed by atoms with Crippen molar-refractivity contribution in [3.8, 4) is 0 Å². The Hall–Kier alpha value is -0.360. The fourth-order valence-electron chi connectivity index (χ4n) is 3.06. The highest BCUT2D eigenvalue weighted by Gasteiger charge is 2.42. The van der Waals surface area contributed by atoms with Gasteiger partial charge in [-0.15, -0.1) is 12.4 Å². The van der Waals surface area contributed by atoms with E-state index in [1.165, 1.54) is 0 Å². The van der Waals surface area contributed by atoms with Gasteiger partial charge in [-0.2, -0.15) is 0 Å². The number of piperazine rings is 1. The molecule has 0 spiro atoms. The van der Waals surface area contributed by atoms with Crippen molar-refractivity contribution in [1.29, 1.82) is 0 Å². The Labute approximate surface area is 121 Å². The number of β-amino-alcohol motifs (C(OH)–C–C–N with tert-alkyl or cyclic N) is 1. The van der Waals surface area contributed by atoms with Gasteiger partial charge in [-0.1, -0.05) is 6.92 Å². The van der Waals surface area contributed by atoms with Gasteiger partial charge in [0, 0.05) is 32.7 Å². The summed E-state index contributed by atoms with van der Waals surface area (Å²) in [6.45, 7) is 7.33. The van der Waals surface area contributed by atoms with E-state index in [4.69, 9.17) is 5.11 Å². The van der Waals surface area contributed by atoms with Gasteiger partial charge in [-0.25, -0.2) is 0 Å². The summed E-state index contributed by atoms with van der Waals surface area (Å²) in [7, 11) is 0. The number of hydrogen-bond donors (Lipinski definition) is 2. The molecule has 0 radical (unpaired) electrons. The molecule has 2 heterocycles. The second-order valence-electron chi connectivity index (χ2n) is 5.32. The smallest absolute Gasteiger partial charge is 0.242 e. The maximum Gasteiger partial charge on any atom is 0.242 e. The molecule has 6 heteroatoms. The maximum atomic E-state index is 12.6. The van der Waals surface area contributed by atoms with Gasteiger partial charge in [0.1, 0.15) is 0 Å². The largest absolute Gasteiger partial charge is 0.395 e. The molecule has 2 N–H and O–H groups in total. The van der Waals surface area contributed by atoms with Crippen molar-refractivity contribution >= 4 is 18.3 Å². The summed E-state index contributed by atoms with van der Waals surface area (Å²) in [4.78, 5) is 16.8. The molecule has 112 valence electrons. The zero-order chi connectivity index (χ0) is 13.0. The zero-order valence-electron chi connectivity index (χ0n) is 11.7. The number of aliphatic hydroxyl groups is 1. The number of halogens is 1. The number of carbonyl (C=O) groups is 1. The molecule has 0 aromatic carbocycles. The summed E-state index contributed by atoms with van der Waals surface area (Å²) in [5.41, 5.74) is -0.293. The molecule has 2 aliphatic heterocycles. The van der Waals surface area contributed by atoms with Crippen molar-refractivity contribution in [2.24, 2.45) is 0 Å². The van der Waals surface area contributed by atoms with Crippen molar-refractivity contribution in [2.45, 2.75) is 31.7 Å². The van der Waals surface area contributed by atoms with E-state index in [1.807, 2.05) is 4.90 Å². The van der Waals surface area contributed by atoms with Crippen molar-refractivity contribution in [2.75, 3.05) is 45.9 Å². The monoisotopic (exact) mass is 291 g/mol. The van der Waals surface area contributed by atoms with Gasteiger partial charge < -0.3 is 15.3 Å². The van der Waals surface area contributed by atoms with E-state index in [0.717, 1.165) is 58.5 Å². The number of hydrogen-bond acceptors (Lipinski definition) is 4. The topological polar surface area (TPSA) is 55.8 Å². The first-order chi connectivity index (χ1) is 8.72. The molecule has 0 aromatic rings. The zero-order valence-corrected chi connectivity index (χ0v) is 12.5. The maximum absolute atomic E-state index is 12.6. The molecular weight excluding hydrogens is 266 g/mol. The highest BCUT2D eigenvalue weighted by atomic mass is 35.5. The van der Waals surface area contributed by atoms with E-state index >= 15 is 0 Å². The third-order valence-electron chi connectivity index (χ3n) is 4.33. The molecule has 0 bridgehead atoms. The van der Waals surface area contributed by atoms with Gasteiger partial charge >= 0.3 is 0 Å². The second-order valence-corrected chi connectivity index (χ2v) is 5.32. The van der Waals surface area contributed by atoms with Crippen LogP contribution in [0.1, 0.15) is 26.2 Å². The van der Waals surface area contributed by atoms with Crippen LogP contribution in [0.4, 0.5) is 0 Å². The van der Waals surface area contributed by atoms with Crippen LogP contribution in [0.25, 0.3) is 0 Å². The lowest BCUT2D eigenvalue weighted by atomic mass is 9.92. The van der Waals surface area contributed by atoms with Crippen molar-refractivity contribution in [3.05, 3.63) is 0 Å². The quantitative estimate of drug-likeness (QED) is 0.770. The molecule has 2 saturated heterocycles. The van der Waals surface area contributed by atoms with Gasteiger partial charge in [-0.05, 0) is 25.8 Å². The lowest BCUT2D eigenvalue weighted by Gasteiger charge is -2.39. The standard InChI is InChI=1S/C13H25N3O2.ClH/c1-2-13(4-3-5-14-13)12(18)16-8-6-15(7-9-16)10-11-17;/h14,17H,2-11H2,1H3;1H. The Morgan fingerprint density at radius 2 is 2.00 bits per heavy atom. The van der Waals surface area contributed by atoms with E-state index in [9.17, 15) is 4.79 Å². The Morgan fingerprint density at radius 1 is 1.32 bits per heavy atom. The lowest BCUT2D eigenvalue weighted by molar-refractivity contribution is -0.139. The first kappa shape index (κ1) is 16.7. The molecule has 2 fully saturated rings. The van der Waals surface area contributed by atoms with Crippen LogP contribution < -0.4 is 5.32 Å². The Balaban J connectivity index is 0.00000180. The first-order valence-corrected chi connectivity index (χ1v) is 7.09. The fourth-order valence-corrected chi connectivity index (χ4v) is 3.06. The minimum atomic E-state index is -0.293. The van der Waals surface area contributed by atoms with Crippen molar-refractivity contribution < 1.29 is 9.90 Å². The van der Waals surface area contributed by atoms with Gasteiger partial charge in [-0.3, -0.25) is 9.69 Å². The summed E-state index contributed by atoms with van der Waals surface area (Å²) in [5.74, 6) is 0.283. The third-order valence-corrected chi connectivity index (χ3v) is 4.33. The molecule has 1 unspecified atom stereocenters. The van der Waals surface area contributed by atoms with Crippen LogP contribution in [0, 0.1) is 0 Å². The molecule has 2 rings (SSSR count). The lowest BCUT2D eigenvalue weighted by Crippen LogP contribution is -2.59. The predicted molar refractivity (Wildman–Crippen MR) is 77.6 cm³/mol. The van der Waals surface area contributed by atoms with E-state index in [-0.39, 0.29) is 30.5 Å². The molecule has 1 amide bonds. The van der Waals surface area contributed by atoms with Crippen LogP contribution in [-0.2, 0) is 4.79 Å². The summed E-state index contributed by atoms with van der Waals surface area (Å²) in [5, 5.41) is 12.3. The average Bonchev–Trinajstić information content (AvgIpc) is 2.89. The van der Waals surface area contributed by atoms with Crippen LogP contribution in [0.15, 0.2) is 0 Å². The molecule has 19 heavy (non-hydrogen) atoms. The van der Waals surface area contributed by atoms with Gasteiger partial charge in [0.25, 0.3) is 0 Å².